The van der Waals surface area contributed by atoms with Gasteiger partial charge >= 0.3 is 59.1 Å². The Morgan fingerprint density at radius 3 is 1.80 bits per heavy atom. The fraction of sp³-hybridized carbons (Fsp3) is 0.800. The molecule has 0 aromatic carbocycles. The number of likely N-dealkylation sites (N-methyl/N-ethyl adjacent to an activating group) is 1. The minimum Gasteiger partial charge on any atom is -0.550 e. The predicted molar refractivity (Wildman–Crippen MR) is 156 cm³/mol. The number of carboxylic acid groups (broad SMARTS) is 2. The van der Waals surface area contributed by atoms with E-state index in [1.54, 1.807) is 7.05 Å². The van der Waals surface area contributed by atoms with Crippen LogP contribution < -0.4 is 90.6 Å². The number of carboxylic acids is 2. The molecular weight excluding hydrogens is 604 g/mol. The fourth-order valence-corrected chi connectivity index (χ4v) is 5.10. The van der Waals surface area contributed by atoms with Crippen LogP contribution in [0.15, 0.2) is 0 Å². The van der Waals surface area contributed by atoms with Gasteiger partial charge in [0.1, 0.15) is 18.1 Å². The van der Waals surface area contributed by atoms with E-state index >= 15 is 0 Å². The summed E-state index contributed by atoms with van der Waals surface area (Å²) < 4.78 is 0. The largest absolute Gasteiger partial charge is 1.00 e. The Bertz CT molecular complexity index is 912. The van der Waals surface area contributed by atoms with Gasteiger partial charge in [-0.2, -0.15) is 0 Å². The third kappa shape index (κ3) is 20.6. The number of hydrogen-bond donors (Lipinski definition) is 4. The molecule has 15 heteroatoms. The number of carbonyl (C=O) groups is 6. The van der Waals surface area contributed by atoms with Crippen molar-refractivity contribution >= 4 is 35.6 Å². The van der Waals surface area contributed by atoms with Crippen LogP contribution in [0.4, 0.5) is 0 Å². The first-order valence-electron chi connectivity index (χ1n) is 15.8. The topological polar surface area (TPSA) is 200 Å². The first-order valence-corrected chi connectivity index (χ1v) is 15.8. The summed E-state index contributed by atoms with van der Waals surface area (Å²) in [7, 11) is 1.68. The maximum absolute atomic E-state index is 13.2. The maximum atomic E-state index is 13.2. The smallest absolute Gasteiger partial charge is 0.550 e. The van der Waals surface area contributed by atoms with Crippen LogP contribution in [-0.4, -0.2) is 85.3 Å². The van der Waals surface area contributed by atoms with Gasteiger partial charge < -0.3 is 46.0 Å². The number of likely N-dealkylation sites (tertiary alicyclic amines) is 1. The number of amides is 4. The summed E-state index contributed by atoms with van der Waals surface area (Å²) in [6, 6.07) is -3.37. The number of aliphatic carboxylic acids is 2. The van der Waals surface area contributed by atoms with Crippen LogP contribution in [0.5, 0.6) is 0 Å². The van der Waals surface area contributed by atoms with E-state index in [2.05, 4.69) is 28.2 Å². The Kier molecular flexibility index (Phi) is 28.4. The molecule has 4 amide bonds. The Morgan fingerprint density at radius 2 is 1.27 bits per heavy atom. The van der Waals surface area contributed by atoms with Crippen LogP contribution in [0.25, 0.3) is 0 Å². The van der Waals surface area contributed by atoms with E-state index in [1.807, 2.05) is 0 Å². The van der Waals surface area contributed by atoms with Gasteiger partial charge in [0, 0.05) is 38.0 Å². The molecule has 1 fully saturated rings. The molecule has 1 aliphatic rings. The quantitative estimate of drug-likeness (QED) is 0.0577. The van der Waals surface area contributed by atoms with Crippen molar-refractivity contribution < 1.29 is 98.1 Å². The minimum atomic E-state index is -1.43. The molecule has 0 spiro atoms. The van der Waals surface area contributed by atoms with E-state index in [1.165, 1.54) is 37.0 Å². The number of rotatable bonds is 24. The van der Waals surface area contributed by atoms with Crippen molar-refractivity contribution in [3.05, 3.63) is 0 Å². The summed E-state index contributed by atoms with van der Waals surface area (Å²) in [6.45, 7) is 3.27. The van der Waals surface area contributed by atoms with Crippen molar-refractivity contribution in [2.75, 3.05) is 26.7 Å². The number of hydrogen-bond acceptors (Lipinski definition) is 9. The summed E-state index contributed by atoms with van der Waals surface area (Å²) in [4.78, 5) is 75.6. The zero-order chi connectivity index (χ0) is 32.0. The van der Waals surface area contributed by atoms with E-state index < -0.39 is 60.6 Å². The van der Waals surface area contributed by atoms with Gasteiger partial charge in [0.05, 0.1) is 0 Å². The number of nitrogens with one attached hydrogen (secondary N) is 4. The Hall–Kier alpha value is -1.22. The molecule has 246 valence electrons. The third-order valence-corrected chi connectivity index (χ3v) is 7.58. The molecule has 4 N–H and O–H groups in total. The standard InChI is InChI=1S/C30H53N5O8.2Na/c1-3-4-5-6-7-8-9-10-11-14-25(36)35-21-12-13-24(35)30(43)34-23(16-18-27(39)40)29(42)33-22(15-17-26(37)38)28(41)32-20-19-31-2;;/h22-24,31H,3-21H2,1-2H3,(H,32,41)(H,33,42)(H,34,43)(H,37,38)(H,39,40);;/q;2*+1/p-2. The second-order valence-electron chi connectivity index (χ2n) is 11.2. The Balaban J connectivity index is 0. The molecule has 0 radical (unpaired) electrons. The van der Waals surface area contributed by atoms with Crippen LogP contribution in [0.3, 0.4) is 0 Å². The summed E-state index contributed by atoms with van der Waals surface area (Å²) in [5.74, 6) is -5.01. The monoisotopic (exact) mass is 655 g/mol. The summed E-state index contributed by atoms with van der Waals surface area (Å²) in [5, 5.41) is 32.6. The Labute approximate surface area is 312 Å². The molecule has 1 saturated heterocycles. The predicted octanol–water partition coefficient (Wildman–Crippen LogP) is -6.73. The van der Waals surface area contributed by atoms with Gasteiger partial charge in [-0.05, 0) is 52.0 Å². The Morgan fingerprint density at radius 1 is 0.733 bits per heavy atom. The van der Waals surface area contributed by atoms with Crippen LogP contribution in [0.2, 0.25) is 0 Å². The molecule has 3 unspecified atom stereocenters. The van der Waals surface area contributed by atoms with Crippen molar-refractivity contribution in [2.24, 2.45) is 0 Å². The summed E-state index contributed by atoms with van der Waals surface area (Å²) >= 11 is 0. The molecule has 0 aromatic heterocycles. The second-order valence-corrected chi connectivity index (χ2v) is 11.2. The average Bonchev–Trinajstić information content (AvgIpc) is 3.46. The van der Waals surface area contributed by atoms with Crippen molar-refractivity contribution in [3.8, 4) is 0 Å². The normalized spacial score (nSPS) is 15.2. The van der Waals surface area contributed by atoms with E-state index in [4.69, 9.17) is 0 Å². The molecule has 13 nitrogen and oxygen atoms in total. The third-order valence-electron chi connectivity index (χ3n) is 7.58. The molecule has 1 heterocycles. The molecule has 0 aliphatic carbocycles. The average molecular weight is 656 g/mol. The summed E-state index contributed by atoms with van der Waals surface area (Å²) in [5.41, 5.74) is 0. The first kappa shape index (κ1) is 45.9. The zero-order valence-electron chi connectivity index (χ0n) is 27.9. The van der Waals surface area contributed by atoms with Crippen molar-refractivity contribution in [1.29, 1.82) is 0 Å². The molecule has 1 aliphatic heterocycles. The van der Waals surface area contributed by atoms with E-state index in [-0.39, 0.29) is 84.4 Å². The van der Waals surface area contributed by atoms with E-state index in [9.17, 15) is 39.0 Å². The van der Waals surface area contributed by atoms with Crippen molar-refractivity contribution in [1.82, 2.24) is 26.2 Å². The number of nitrogens with zero attached hydrogens (tertiary/aromatic N) is 1. The van der Waals surface area contributed by atoms with Gasteiger partial charge in [-0.3, -0.25) is 19.2 Å². The fourth-order valence-electron chi connectivity index (χ4n) is 5.10. The molecule has 0 saturated carbocycles. The minimum absolute atomic E-state index is 0. The maximum Gasteiger partial charge on any atom is 1.00 e. The number of unbranched alkanes of at least 4 members (excludes halogenated alkanes) is 8. The second kappa shape index (κ2) is 27.9. The van der Waals surface area contributed by atoms with Gasteiger partial charge in [0.25, 0.3) is 0 Å². The van der Waals surface area contributed by atoms with Gasteiger partial charge in [0.15, 0.2) is 0 Å². The van der Waals surface area contributed by atoms with E-state index in [0.29, 0.717) is 32.4 Å². The SMILES string of the molecule is CCCCCCCCCCCC(=O)N1CCCC1C(=O)NC(CCC(=O)[O-])C(=O)NC(CCC(=O)[O-])C(=O)NCCNC.[Na+].[Na+]. The van der Waals surface area contributed by atoms with Gasteiger partial charge in [-0.15, -0.1) is 0 Å². The molecule has 0 bridgehead atoms. The molecule has 1 rings (SSSR count). The van der Waals surface area contributed by atoms with Gasteiger partial charge in [0.2, 0.25) is 23.6 Å². The van der Waals surface area contributed by atoms with Crippen LogP contribution >= 0.6 is 0 Å². The summed E-state index contributed by atoms with van der Waals surface area (Å²) in [6.07, 6.45) is 9.82. The number of carbonyl (C=O) groups excluding carboxylic acids is 6. The first-order chi connectivity index (χ1) is 20.6. The van der Waals surface area contributed by atoms with Crippen molar-refractivity contribution in [3.63, 3.8) is 0 Å². The van der Waals surface area contributed by atoms with E-state index in [0.717, 1.165) is 25.7 Å². The molecular formula is C30H51N5Na2O8. The molecule has 3 atom stereocenters. The molecule has 45 heavy (non-hydrogen) atoms. The van der Waals surface area contributed by atoms with Crippen LogP contribution in [0, 0.1) is 0 Å². The van der Waals surface area contributed by atoms with Crippen LogP contribution in [0.1, 0.15) is 110 Å². The van der Waals surface area contributed by atoms with Gasteiger partial charge in [-0.25, -0.2) is 0 Å². The van der Waals surface area contributed by atoms with Crippen LogP contribution in [-0.2, 0) is 28.8 Å². The zero-order valence-corrected chi connectivity index (χ0v) is 31.9. The van der Waals surface area contributed by atoms with Gasteiger partial charge in [-0.1, -0.05) is 58.3 Å². The van der Waals surface area contributed by atoms with Crippen molar-refractivity contribution in [2.45, 2.75) is 128 Å². The molecule has 0 aromatic rings.